The van der Waals surface area contributed by atoms with Gasteiger partial charge in [-0.15, -0.1) is 0 Å². The van der Waals surface area contributed by atoms with Crippen LogP contribution in [0.2, 0.25) is 0 Å². The predicted octanol–water partition coefficient (Wildman–Crippen LogP) is 4.73. The summed E-state index contributed by atoms with van der Waals surface area (Å²) in [5, 5.41) is 0. The van der Waals surface area contributed by atoms with Gasteiger partial charge in [-0.05, 0) is 43.1 Å². The molecule has 0 bridgehead atoms. The largest absolute Gasteiger partial charge is 0.0806 e. The zero-order valence-electron chi connectivity index (χ0n) is 10.1. The topological polar surface area (TPSA) is 0 Å². The maximum atomic E-state index is 2.44. The molecule has 0 aromatic rings. The normalized spacial score (nSPS) is 27.1. The van der Waals surface area contributed by atoms with Gasteiger partial charge in [0.1, 0.15) is 0 Å². The van der Waals surface area contributed by atoms with Gasteiger partial charge in [0.25, 0.3) is 0 Å². The Labute approximate surface area is 89.1 Å². The minimum Gasteiger partial charge on any atom is -0.0806 e. The smallest absolute Gasteiger partial charge is 0.0137 e. The maximum absolute atomic E-state index is 2.44. The van der Waals surface area contributed by atoms with Gasteiger partial charge in [0.15, 0.2) is 0 Å². The molecule has 1 aliphatic carbocycles. The van der Waals surface area contributed by atoms with E-state index >= 15 is 0 Å². The molecule has 0 saturated heterocycles. The molecule has 1 rings (SSSR count). The highest BCUT2D eigenvalue weighted by atomic mass is 14.3. The second-order valence-corrected chi connectivity index (χ2v) is 4.20. The van der Waals surface area contributed by atoms with Crippen molar-refractivity contribution in [2.24, 2.45) is 11.8 Å². The van der Waals surface area contributed by atoms with E-state index in [1.54, 1.807) is 11.1 Å². The lowest BCUT2D eigenvalue weighted by molar-refractivity contribution is 0.410. The Hall–Kier alpha value is -0.520. The van der Waals surface area contributed by atoms with Crippen LogP contribution >= 0.6 is 0 Å². The second kappa shape index (κ2) is 5.38. The predicted molar refractivity (Wildman–Crippen MR) is 64.3 cm³/mol. The molecule has 0 fully saturated rings. The zero-order valence-corrected chi connectivity index (χ0v) is 10.1. The maximum Gasteiger partial charge on any atom is -0.0137 e. The molecule has 14 heavy (non-hydrogen) atoms. The SMILES string of the molecule is CCC1=C(CC)[C@H](CC)[C@H](CC)C=C1. The minimum absolute atomic E-state index is 0.797. The van der Waals surface area contributed by atoms with Gasteiger partial charge in [-0.1, -0.05) is 45.4 Å². The van der Waals surface area contributed by atoms with Crippen LogP contribution in [0.5, 0.6) is 0 Å². The van der Waals surface area contributed by atoms with E-state index in [4.69, 9.17) is 0 Å². The van der Waals surface area contributed by atoms with E-state index in [2.05, 4.69) is 39.8 Å². The molecule has 0 spiro atoms. The Morgan fingerprint density at radius 2 is 1.71 bits per heavy atom. The summed E-state index contributed by atoms with van der Waals surface area (Å²) in [4.78, 5) is 0. The van der Waals surface area contributed by atoms with Gasteiger partial charge in [-0.2, -0.15) is 0 Å². The number of rotatable bonds is 4. The molecule has 0 aliphatic heterocycles. The Kier molecular flexibility index (Phi) is 4.44. The number of allylic oxidation sites excluding steroid dienone is 4. The van der Waals surface area contributed by atoms with E-state index in [1.807, 2.05) is 0 Å². The zero-order chi connectivity index (χ0) is 10.6. The molecule has 0 amide bonds. The highest BCUT2D eigenvalue weighted by molar-refractivity contribution is 5.32. The Morgan fingerprint density at radius 1 is 1.00 bits per heavy atom. The Morgan fingerprint density at radius 3 is 2.14 bits per heavy atom. The van der Waals surface area contributed by atoms with Gasteiger partial charge in [-0.25, -0.2) is 0 Å². The van der Waals surface area contributed by atoms with Crippen molar-refractivity contribution in [2.45, 2.75) is 53.4 Å². The summed E-state index contributed by atoms with van der Waals surface area (Å²) in [5.74, 6) is 1.62. The van der Waals surface area contributed by atoms with Crippen molar-refractivity contribution in [1.82, 2.24) is 0 Å². The van der Waals surface area contributed by atoms with Crippen molar-refractivity contribution in [2.75, 3.05) is 0 Å². The van der Waals surface area contributed by atoms with E-state index in [-0.39, 0.29) is 0 Å². The van der Waals surface area contributed by atoms with Crippen LogP contribution in [-0.4, -0.2) is 0 Å². The molecule has 0 unspecified atom stereocenters. The molecular weight excluding hydrogens is 168 g/mol. The van der Waals surface area contributed by atoms with Crippen LogP contribution in [0.1, 0.15) is 53.4 Å². The molecule has 0 N–H and O–H groups in total. The number of hydrogen-bond acceptors (Lipinski definition) is 0. The van der Waals surface area contributed by atoms with Gasteiger partial charge in [-0.3, -0.25) is 0 Å². The molecule has 2 atom stereocenters. The summed E-state index contributed by atoms with van der Waals surface area (Å²) in [5.41, 5.74) is 3.33. The summed E-state index contributed by atoms with van der Waals surface area (Å²) in [6.07, 6.45) is 9.84. The Balaban J connectivity index is 2.95. The van der Waals surface area contributed by atoms with E-state index in [9.17, 15) is 0 Å². The second-order valence-electron chi connectivity index (χ2n) is 4.20. The summed E-state index contributed by atoms with van der Waals surface area (Å²) in [6, 6.07) is 0. The standard InChI is InChI=1S/C14H24/c1-5-11-9-10-12(6-2)14(8-4)13(11)7-3/h9-11,13H,5-8H2,1-4H3/t11-,13-/m1/s1. The molecule has 0 radical (unpaired) electrons. The van der Waals surface area contributed by atoms with E-state index in [0.717, 1.165) is 11.8 Å². The molecule has 0 nitrogen and oxygen atoms in total. The lowest BCUT2D eigenvalue weighted by atomic mass is 9.75. The van der Waals surface area contributed by atoms with Crippen molar-refractivity contribution in [3.63, 3.8) is 0 Å². The van der Waals surface area contributed by atoms with Crippen molar-refractivity contribution < 1.29 is 0 Å². The van der Waals surface area contributed by atoms with Crippen LogP contribution in [0.25, 0.3) is 0 Å². The first-order valence-corrected chi connectivity index (χ1v) is 6.18. The van der Waals surface area contributed by atoms with Gasteiger partial charge < -0.3 is 0 Å². The quantitative estimate of drug-likeness (QED) is 0.604. The lowest BCUT2D eigenvalue weighted by Crippen LogP contribution is -2.18. The number of hydrogen-bond donors (Lipinski definition) is 0. The fourth-order valence-electron chi connectivity index (χ4n) is 2.78. The van der Waals surface area contributed by atoms with Crippen LogP contribution in [0.3, 0.4) is 0 Å². The molecule has 0 heteroatoms. The molecule has 0 heterocycles. The third-order valence-corrected chi connectivity index (χ3v) is 3.59. The first-order chi connectivity index (χ1) is 6.78. The lowest BCUT2D eigenvalue weighted by Gasteiger charge is -2.30. The molecule has 1 aliphatic rings. The third-order valence-electron chi connectivity index (χ3n) is 3.59. The minimum atomic E-state index is 0.797. The van der Waals surface area contributed by atoms with Gasteiger partial charge in [0.05, 0.1) is 0 Å². The van der Waals surface area contributed by atoms with Crippen molar-refractivity contribution in [3.8, 4) is 0 Å². The molecule has 0 aromatic carbocycles. The third kappa shape index (κ3) is 2.10. The van der Waals surface area contributed by atoms with Crippen molar-refractivity contribution >= 4 is 0 Å². The summed E-state index contributed by atoms with van der Waals surface area (Å²) in [6.45, 7) is 9.21. The highest BCUT2D eigenvalue weighted by Gasteiger charge is 2.23. The monoisotopic (exact) mass is 192 g/mol. The average molecular weight is 192 g/mol. The molecule has 0 saturated carbocycles. The first kappa shape index (κ1) is 11.6. The van der Waals surface area contributed by atoms with Crippen LogP contribution in [-0.2, 0) is 0 Å². The molecule has 80 valence electrons. The molecular formula is C14H24. The first-order valence-electron chi connectivity index (χ1n) is 6.18. The van der Waals surface area contributed by atoms with Crippen LogP contribution in [0.15, 0.2) is 23.3 Å². The van der Waals surface area contributed by atoms with Crippen LogP contribution < -0.4 is 0 Å². The molecule has 0 aromatic heterocycles. The fourth-order valence-corrected chi connectivity index (χ4v) is 2.78. The highest BCUT2D eigenvalue weighted by Crippen LogP contribution is 2.36. The van der Waals surface area contributed by atoms with Gasteiger partial charge >= 0.3 is 0 Å². The van der Waals surface area contributed by atoms with Gasteiger partial charge in [0, 0.05) is 0 Å². The average Bonchev–Trinajstić information content (AvgIpc) is 2.26. The summed E-state index contributed by atoms with van der Waals surface area (Å²) >= 11 is 0. The summed E-state index contributed by atoms with van der Waals surface area (Å²) in [7, 11) is 0. The van der Waals surface area contributed by atoms with Crippen molar-refractivity contribution in [1.29, 1.82) is 0 Å². The Bertz CT molecular complexity index is 232. The van der Waals surface area contributed by atoms with Crippen LogP contribution in [0.4, 0.5) is 0 Å². The van der Waals surface area contributed by atoms with E-state index < -0.39 is 0 Å². The van der Waals surface area contributed by atoms with Crippen LogP contribution in [0, 0.1) is 11.8 Å². The van der Waals surface area contributed by atoms with E-state index in [1.165, 1.54) is 25.7 Å². The van der Waals surface area contributed by atoms with Crippen molar-refractivity contribution in [3.05, 3.63) is 23.3 Å². The van der Waals surface area contributed by atoms with Gasteiger partial charge in [0.2, 0.25) is 0 Å². The fraction of sp³-hybridized carbons (Fsp3) is 0.714. The van der Waals surface area contributed by atoms with E-state index in [0.29, 0.717) is 0 Å². The summed E-state index contributed by atoms with van der Waals surface area (Å²) < 4.78 is 0.